The fraction of sp³-hybridized carbons (Fsp3) is 0.762. The number of piperidine rings is 1. The summed E-state index contributed by atoms with van der Waals surface area (Å²) in [5.41, 5.74) is 0. The van der Waals surface area contributed by atoms with Crippen LogP contribution in [0.5, 0.6) is 0 Å². The summed E-state index contributed by atoms with van der Waals surface area (Å²) in [6.07, 6.45) is 4.90. The SMILES string of the molecule is CN=C(NCC(c1ccc(C)o1)N1CCCC1)NC1CCN(C(C)C)CC1. The second-order valence-electron chi connectivity index (χ2n) is 8.21. The van der Waals surface area contributed by atoms with Gasteiger partial charge in [0.2, 0.25) is 0 Å². The molecule has 6 heteroatoms. The van der Waals surface area contributed by atoms with E-state index in [1.165, 1.54) is 25.7 Å². The van der Waals surface area contributed by atoms with Crippen LogP contribution in [0.2, 0.25) is 0 Å². The van der Waals surface area contributed by atoms with Gasteiger partial charge in [-0.15, -0.1) is 0 Å². The van der Waals surface area contributed by atoms with E-state index in [4.69, 9.17) is 4.42 Å². The van der Waals surface area contributed by atoms with Gasteiger partial charge < -0.3 is 20.0 Å². The number of guanidine groups is 1. The maximum absolute atomic E-state index is 5.96. The minimum atomic E-state index is 0.266. The van der Waals surface area contributed by atoms with Crippen LogP contribution >= 0.6 is 0 Å². The number of hydrogen-bond acceptors (Lipinski definition) is 4. The van der Waals surface area contributed by atoms with Crippen LogP contribution in [0.25, 0.3) is 0 Å². The number of nitrogens with one attached hydrogen (secondary N) is 2. The molecule has 27 heavy (non-hydrogen) atoms. The monoisotopic (exact) mass is 375 g/mol. The van der Waals surface area contributed by atoms with Gasteiger partial charge in [-0.05, 0) is 71.7 Å². The molecule has 3 heterocycles. The molecule has 0 bridgehead atoms. The second-order valence-corrected chi connectivity index (χ2v) is 8.21. The molecule has 0 aliphatic carbocycles. The van der Waals surface area contributed by atoms with Crippen LogP contribution in [0.3, 0.4) is 0 Å². The molecule has 1 atom stereocenters. The predicted octanol–water partition coefficient (Wildman–Crippen LogP) is 2.76. The molecule has 0 saturated carbocycles. The van der Waals surface area contributed by atoms with E-state index in [1.807, 2.05) is 14.0 Å². The third kappa shape index (κ3) is 5.48. The first-order chi connectivity index (χ1) is 13.1. The highest BCUT2D eigenvalue weighted by molar-refractivity contribution is 5.80. The normalized spacial score (nSPS) is 21.7. The molecule has 2 saturated heterocycles. The number of likely N-dealkylation sites (tertiary alicyclic amines) is 2. The van der Waals surface area contributed by atoms with Gasteiger partial charge in [0.25, 0.3) is 0 Å². The van der Waals surface area contributed by atoms with E-state index in [2.05, 4.69) is 51.4 Å². The highest BCUT2D eigenvalue weighted by Crippen LogP contribution is 2.26. The Morgan fingerprint density at radius 2 is 1.85 bits per heavy atom. The summed E-state index contributed by atoms with van der Waals surface area (Å²) in [6, 6.07) is 5.59. The average Bonchev–Trinajstić information content (AvgIpc) is 3.34. The zero-order valence-electron chi connectivity index (χ0n) is 17.5. The van der Waals surface area contributed by atoms with Gasteiger partial charge in [-0.1, -0.05) is 0 Å². The molecule has 1 aromatic rings. The summed E-state index contributed by atoms with van der Waals surface area (Å²) < 4.78 is 5.96. The highest BCUT2D eigenvalue weighted by atomic mass is 16.3. The molecular weight excluding hydrogens is 338 g/mol. The van der Waals surface area contributed by atoms with Crippen LogP contribution in [0.4, 0.5) is 0 Å². The molecule has 0 aromatic carbocycles. The molecule has 1 unspecified atom stereocenters. The lowest BCUT2D eigenvalue weighted by atomic mass is 10.0. The Bertz CT molecular complexity index is 597. The fourth-order valence-electron chi connectivity index (χ4n) is 4.24. The minimum absolute atomic E-state index is 0.266. The maximum atomic E-state index is 5.96. The first-order valence-corrected chi connectivity index (χ1v) is 10.6. The molecule has 1 aromatic heterocycles. The number of nitrogens with zero attached hydrogens (tertiary/aromatic N) is 3. The summed E-state index contributed by atoms with van der Waals surface area (Å²) >= 11 is 0. The number of furan rings is 1. The van der Waals surface area contributed by atoms with Crippen LogP contribution in [0, 0.1) is 6.92 Å². The van der Waals surface area contributed by atoms with Gasteiger partial charge in [-0.2, -0.15) is 0 Å². The van der Waals surface area contributed by atoms with Gasteiger partial charge >= 0.3 is 0 Å². The topological polar surface area (TPSA) is 56.0 Å². The third-order valence-electron chi connectivity index (χ3n) is 5.96. The molecule has 2 aliphatic heterocycles. The Morgan fingerprint density at radius 1 is 1.15 bits per heavy atom. The summed E-state index contributed by atoms with van der Waals surface area (Å²) in [7, 11) is 1.86. The molecule has 2 fully saturated rings. The van der Waals surface area contributed by atoms with Crippen LogP contribution < -0.4 is 10.6 Å². The van der Waals surface area contributed by atoms with Crippen molar-refractivity contribution in [2.24, 2.45) is 4.99 Å². The number of aryl methyl sites for hydroxylation is 1. The second kappa shape index (κ2) is 9.60. The van der Waals surface area contributed by atoms with Crippen LogP contribution in [0.1, 0.15) is 57.1 Å². The van der Waals surface area contributed by atoms with Crippen molar-refractivity contribution in [3.05, 3.63) is 23.7 Å². The van der Waals surface area contributed by atoms with Gasteiger partial charge in [0, 0.05) is 38.8 Å². The van der Waals surface area contributed by atoms with E-state index in [-0.39, 0.29) is 6.04 Å². The van der Waals surface area contributed by atoms with Gasteiger partial charge in [0.1, 0.15) is 11.5 Å². The molecule has 3 rings (SSSR count). The Morgan fingerprint density at radius 3 is 2.41 bits per heavy atom. The Kier molecular flexibility index (Phi) is 7.19. The molecular formula is C21H37N5O. The van der Waals surface area contributed by atoms with Crippen LogP contribution in [-0.2, 0) is 0 Å². The number of hydrogen-bond donors (Lipinski definition) is 2. The lowest BCUT2D eigenvalue weighted by Crippen LogP contribution is -2.50. The summed E-state index contributed by atoms with van der Waals surface area (Å²) in [5.74, 6) is 2.95. The lowest BCUT2D eigenvalue weighted by Gasteiger charge is -2.35. The Labute approximate surface area is 164 Å². The fourth-order valence-corrected chi connectivity index (χ4v) is 4.24. The van der Waals surface area contributed by atoms with E-state index in [0.29, 0.717) is 12.1 Å². The largest absolute Gasteiger partial charge is 0.465 e. The van der Waals surface area contributed by atoms with Crippen molar-refractivity contribution in [3.8, 4) is 0 Å². The van der Waals surface area contributed by atoms with Crippen molar-refractivity contribution in [1.82, 2.24) is 20.4 Å². The zero-order valence-corrected chi connectivity index (χ0v) is 17.5. The van der Waals surface area contributed by atoms with Crippen LogP contribution in [0.15, 0.2) is 21.5 Å². The Balaban J connectivity index is 1.54. The molecule has 0 spiro atoms. The average molecular weight is 376 g/mol. The van der Waals surface area contributed by atoms with Crippen molar-refractivity contribution in [1.29, 1.82) is 0 Å². The van der Waals surface area contributed by atoms with E-state index in [0.717, 1.165) is 50.2 Å². The van der Waals surface area contributed by atoms with Crippen molar-refractivity contribution < 1.29 is 4.42 Å². The van der Waals surface area contributed by atoms with Gasteiger partial charge in [0.15, 0.2) is 5.96 Å². The highest BCUT2D eigenvalue weighted by Gasteiger charge is 2.27. The number of rotatable bonds is 6. The van der Waals surface area contributed by atoms with Gasteiger partial charge in [-0.3, -0.25) is 9.89 Å². The standard InChI is InChI=1S/C21H37N5O/c1-16(2)25-13-9-18(10-14-25)24-21(22-4)23-15-19(26-11-5-6-12-26)20-8-7-17(3)27-20/h7-8,16,18-19H,5-6,9-15H2,1-4H3,(H2,22,23,24). The summed E-state index contributed by atoms with van der Waals surface area (Å²) in [6.45, 7) is 12.0. The van der Waals surface area contributed by atoms with E-state index < -0.39 is 0 Å². The van der Waals surface area contributed by atoms with Crippen molar-refractivity contribution in [2.75, 3.05) is 39.8 Å². The van der Waals surface area contributed by atoms with Crippen LogP contribution in [-0.4, -0.2) is 67.6 Å². The van der Waals surface area contributed by atoms with Crippen molar-refractivity contribution >= 4 is 5.96 Å². The lowest BCUT2D eigenvalue weighted by molar-refractivity contribution is 0.167. The predicted molar refractivity (Wildman–Crippen MR) is 111 cm³/mol. The molecule has 6 nitrogen and oxygen atoms in total. The zero-order chi connectivity index (χ0) is 19.2. The molecule has 0 radical (unpaired) electrons. The molecule has 0 amide bonds. The maximum Gasteiger partial charge on any atom is 0.191 e. The molecule has 2 aliphatic rings. The molecule has 152 valence electrons. The van der Waals surface area contributed by atoms with Crippen molar-refractivity contribution in [2.45, 2.75) is 64.6 Å². The van der Waals surface area contributed by atoms with Crippen molar-refractivity contribution in [3.63, 3.8) is 0 Å². The van der Waals surface area contributed by atoms with E-state index in [1.54, 1.807) is 0 Å². The molecule has 2 N–H and O–H groups in total. The van der Waals surface area contributed by atoms with E-state index >= 15 is 0 Å². The smallest absolute Gasteiger partial charge is 0.191 e. The first kappa shape index (κ1) is 20.2. The summed E-state index contributed by atoms with van der Waals surface area (Å²) in [5, 5.41) is 7.19. The van der Waals surface area contributed by atoms with Gasteiger partial charge in [-0.25, -0.2) is 0 Å². The minimum Gasteiger partial charge on any atom is -0.465 e. The Hall–Kier alpha value is -1.53. The summed E-state index contributed by atoms with van der Waals surface area (Å²) in [4.78, 5) is 9.55. The number of aliphatic imine (C=N–C) groups is 1. The quantitative estimate of drug-likeness (QED) is 0.591. The third-order valence-corrected chi connectivity index (χ3v) is 5.96. The first-order valence-electron chi connectivity index (χ1n) is 10.6. The van der Waals surface area contributed by atoms with E-state index in [9.17, 15) is 0 Å². The van der Waals surface area contributed by atoms with Gasteiger partial charge in [0.05, 0.1) is 6.04 Å².